The van der Waals surface area contributed by atoms with Crippen molar-refractivity contribution in [2.45, 2.75) is 13.3 Å². The van der Waals surface area contributed by atoms with Crippen LogP contribution in [0, 0.1) is 18.3 Å². The zero-order valence-electron chi connectivity index (χ0n) is 11.1. The third kappa shape index (κ3) is 2.41. The van der Waals surface area contributed by atoms with E-state index in [0.29, 0.717) is 19.0 Å². The summed E-state index contributed by atoms with van der Waals surface area (Å²) in [7, 11) is 0. The van der Waals surface area contributed by atoms with E-state index >= 15 is 0 Å². The molecule has 0 N–H and O–H groups in total. The number of benzene rings is 1. The fraction of sp³-hybridized carbons (Fsp3) is 0.267. The summed E-state index contributed by atoms with van der Waals surface area (Å²) in [6.07, 6.45) is 0.208. The molecule has 0 saturated heterocycles. The molecular formula is C15H13N3O2. The van der Waals surface area contributed by atoms with Crippen LogP contribution in [-0.4, -0.2) is 23.2 Å². The molecular weight excluding hydrogens is 254 g/mol. The molecule has 2 aromatic rings. The van der Waals surface area contributed by atoms with Crippen molar-refractivity contribution < 1.29 is 9.47 Å². The summed E-state index contributed by atoms with van der Waals surface area (Å²) in [5.41, 5.74) is 2.56. The molecule has 5 heteroatoms. The topological polar surface area (TPSA) is 68.0 Å². The standard InChI is InChI=1S/C15H13N3O2/c1-10-8-12(18-15(17-10)4-5-16)11-2-3-13-14(9-11)20-7-6-19-13/h2-3,8-9H,4,6-7H2,1H3. The van der Waals surface area contributed by atoms with Crippen LogP contribution in [0.15, 0.2) is 24.3 Å². The van der Waals surface area contributed by atoms with Crippen LogP contribution in [0.2, 0.25) is 0 Å². The molecule has 1 aromatic heterocycles. The fourth-order valence-electron chi connectivity index (χ4n) is 2.13. The number of hydrogen-bond acceptors (Lipinski definition) is 5. The maximum Gasteiger partial charge on any atom is 0.162 e. The van der Waals surface area contributed by atoms with Crippen LogP contribution in [0.4, 0.5) is 0 Å². The number of aryl methyl sites for hydroxylation is 1. The predicted molar refractivity (Wildman–Crippen MR) is 72.5 cm³/mol. The van der Waals surface area contributed by atoms with E-state index in [1.807, 2.05) is 31.2 Å². The lowest BCUT2D eigenvalue weighted by Crippen LogP contribution is -2.15. The van der Waals surface area contributed by atoms with E-state index in [9.17, 15) is 0 Å². The van der Waals surface area contributed by atoms with Crippen LogP contribution in [0.3, 0.4) is 0 Å². The Kier molecular flexibility index (Phi) is 3.21. The molecule has 1 aliphatic rings. The van der Waals surface area contributed by atoms with E-state index in [-0.39, 0.29) is 6.42 Å². The first-order chi connectivity index (χ1) is 9.76. The number of nitriles is 1. The maximum atomic E-state index is 8.76. The predicted octanol–water partition coefficient (Wildman–Crippen LogP) is 2.29. The van der Waals surface area contributed by atoms with Crippen molar-refractivity contribution in [2.24, 2.45) is 0 Å². The molecule has 5 nitrogen and oxygen atoms in total. The Bertz CT molecular complexity index is 692. The number of aromatic nitrogens is 2. The van der Waals surface area contributed by atoms with Crippen LogP contribution in [0.5, 0.6) is 11.5 Å². The van der Waals surface area contributed by atoms with Crippen LogP contribution >= 0.6 is 0 Å². The van der Waals surface area contributed by atoms with Gasteiger partial charge in [-0.3, -0.25) is 0 Å². The first-order valence-electron chi connectivity index (χ1n) is 6.38. The number of ether oxygens (including phenoxy) is 2. The summed E-state index contributed by atoms with van der Waals surface area (Å²) in [4.78, 5) is 8.66. The van der Waals surface area contributed by atoms with Gasteiger partial charge in [0.25, 0.3) is 0 Å². The van der Waals surface area contributed by atoms with Gasteiger partial charge in [-0.2, -0.15) is 5.26 Å². The largest absolute Gasteiger partial charge is 0.486 e. The Labute approximate surface area is 116 Å². The normalized spacial score (nSPS) is 12.8. The van der Waals surface area contributed by atoms with Gasteiger partial charge in [-0.1, -0.05) is 0 Å². The highest BCUT2D eigenvalue weighted by Crippen LogP contribution is 2.34. The Hall–Kier alpha value is -2.61. The zero-order valence-corrected chi connectivity index (χ0v) is 11.1. The van der Waals surface area contributed by atoms with Crippen molar-refractivity contribution in [1.29, 1.82) is 5.26 Å². The molecule has 0 fully saturated rings. The minimum Gasteiger partial charge on any atom is -0.486 e. The summed E-state index contributed by atoms with van der Waals surface area (Å²) in [6.45, 7) is 3.02. The molecule has 1 aliphatic heterocycles. The van der Waals surface area contributed by atoms with Gasteiger partial charge in [0.15, 0.2) is 11.5 Å². The molecule has 0 atom stereocenters. The van der Waals surface area contributed by atoms with Gasteiger partial charge in [0, 0.05) is 11.3 Å². The van der Waals surface area contributed by atoms with E-state index in [2.05, 4.69) is 16.0 Å². The van der Waals surface area contributed by atoms with Gasteiger partial charge in [0.2, 0.25) is 0 Å². The lowest BCUT2D eigenvalue weighted by molar-refractivity contribution is 0.171. The second-order valence-corrected chi connectivity index (χ2v) is 4.50. The van der Waals surface area contributed by atoms with Crippen molar-refractivity contribution in [3.05, 3.63) is 35.8 Å². The Morgan fingerprint density at radius 3 is 2.75 bits per heavy atom. The average Bonchev–Trinajstić information content (AvgIpc) is 2.46. The number of nitrogens with zero attached hydrogens (tertiary/aromatic N) is 3. The quantitative estimate of drug-likeness (QED) is 0.835. The first kappa shape index (κ1) is 12.4. The molecule has 2 heterocycles. The number of fused-ring (bicyclic) bond motifs is 1. The van der Waals surface area contributed by atoms with E-state index < -0.39 is 0 Å². The van der Waals surface area contributed by atoms with Gasteiger partial charge < -0.3 is 9.47 Å². The Morgan fingerprint density at radius 1 is 1.15 bits per heavy atom. The number of rotatable bonds is 2. The van der Waals surface area contributed by atoms with Gasteiger partial charge in [-0.05, 0) is 31.2 Å². The van der Waals surface area contributed by atoms with Gasteiger partial charge in [0.1, 0.15) is 19.0 Å². The van der Waals surface area contributed by atoms with Crippen LogP contribution in [0.25, 0.3) is 11.3 Å². The Morgan fingerprint density at radius 2 is 1.95 bits per heavy atom. The van der Waals surface area contributed by atoms with Crippen LogP contribution in [-0.2, 0) is 6.42 Å². The molecule has 100 valence electrons. The van der Waals surface area contributed by atoms with Gasteiger partial charge in [0.05, 0.1) is 18.2 Å². The van der Waals surface area contributed by atoms with Gasteiger partial charge in [-0.15, -0.1) is 0 Å². The molecule has 3 rings (SSSR count). The highest BCUT2D eigenvalue weighted by molar-refractivity contribution is 5.64. The average molecular weight is 267 g/mol. The molecule has 20 heavy (non-hydrogen) atoms. The lowest BCUT2D eigenvalue weighted by Gasteiger charge is -2.18. The lowest BCUT2D eigenvalue weighted by atomic mass is 10.1. The SMILES string of the molecule is Cc1cc(-c2ccc3c(c2)OCCO3)nc(CC#N)n1. The van der Waals surface area contributed by atoms with Crippen molar-refractivity contribution in [3.8, 4) is 28.8 Å². The smallest absolute Gasteiger partial charge is 0.162 e. The van der Waals surface area contributed by atoms with Gasteiger partial charge >= 0.3 is 0 Å². The molecule has 0 saturated carbocycles. The molecule has 0 spiro atoms. The van der Waals surface area contributed by atoms with Crippen LogP contribution < -0.4 is 9.47 Å². The third-order valence-corrected chi connectivity index (χ3v) is 2.98. The zero-order chi connectivity index (χ0) is 13.9. The van der Waals surface area contributed by atoms with E-state index in [4.69, 9.17) is 14.7 Å². The van der Waals surface area contributed by atoms with Crippen molar-refractivity contribution in [2.75, 3.05) is 13.2 Å². The molecule has 1 aromatic carbocycles. The van der Waals surface area contributed by atoms with E-state index in [1.54, 1.807) is 0 Å². The minimum atomic E-state index is 0.208. The highest BCUT2D eigenvalue weighted by atomic mass is 16.6. The molecule has 0 amide bonds. The van der Waals surface area contributed by atoms with Crippen molar-refractivity contribution >= 4 is 0 Å². The second-order valence-electron chi connectivity index (χ2n) is 4.50. The Balaban J connectivity index is 2.02. The van der Waals surface area contributed by atoms with Crippen molar-refractivity contribution in [1.82, 2.24) is 9.97 Å². The van der Waals surface area contributed by atoms with Gasteiger partial charge in [-0.25, -0.2) is 9.97 Å². The second kappa shape index (κ2) is 5.17. The molecule has 0 unspecified atom stereocenters. The maximum absolute atomic E-state index is 8.76. The summed E-state index contributed by atoms with van der Waals surface area (Å²) < 4.78 is 11.1. The molecule has 0 aliphatic carbocycles. The first-order valence-corrected chi connectivity index (χ1v) is 6.38. The molecule has 0 radical (unpaired) electrons. The van der Waals surface area contributed by atoms with Crippen molar-refractivity contribution in [3.63, 3.8) is 0 Å². The third-order valence-electron chi connectivity index (χ3n) is 2.98. The summed E-state index contributed by atoms with van der Waals surface area (Å²) in [5.74, 6) is 2.02. The van der Waals surface area contributed by atoms with E-state index in [1.165, 1.54) is 0 Å². The molecule has 0 bridgehead atoms. The monoisotopic (exact) mass is 267 g/mol. The summed E-state index contributed by atoms with van der Waals surface area (Å²) in [5, 5.41) is 8.76. The van der Waals surface area contributed by atoms with E-state index in [0.717, 1.165) is 28.5 Å². The summed E-state index contributed by atoms with van der Waals surface area (Å²) >= 11 is 0. The minimum absolute atomic E-state index is 0.208. The fourth-order valence-corrected chi connectivity index (χ4v) is 2.13. The number of hydrogen-bond donors (Lipinski definition) is 0. The summed E-state index contributed by atoms with van der Waals surface area (Å²) in [6, 6.07) is 9.69. The van der Waals surface area contributed by atoms with Crippen LogP contribution in [0.1, 0.15) is 11.5 Å². The highest BCUT2D eigenvalue weighted by Gasteiger charge is 2.13.